The Morgan fingerprint density at radius 1 is 1.12 bits per heavy atom. The maximum absolute atomic E-state index is 10.9. The van der Waals surface area contributed by atoms with E-state index in [0.717, 1.165) is 10.8 Å². The van der Waals surface area contributed by atoms with Crippen molar-refractivity contribution in [2.24, 2.45) is 5.10 Å². The molecule has 0 fully saturated rings. The van der Waals surface area contributed by atoms with Crippen LogP contribution in [0.3, 0.4) is 0 Å². The molecule has 0 saturated carbocycles. The van der Waals surface area contributed by atoms with E-state index in [0.29, 0.717) is 11.4 Å². The predicted octanol–water partition coefficient (Wildman–Crippen LogP) is 3.65. The molecule has 3 rings (SSSR count). The average molecular weight is 319 g/mol. The van der Waals surface area contributed by atoms with Crippen LogP contribution in [-0.4, -0.2) is 21.3 Å². The lowest BCUT2D eigenvalue weighted by Crippen LogP contribution is -1.95. The van der Waals surface area contributed by atoms with E-state index in [2.05, 4.69) is 20.7 Å². The van der Waals surface area contributed by atoms with Crippen molar-refractivity contribution in [2.45, 2.75) is 0 Å². The minimum absolute atomic E-state index is 0.0510. The summed E-state index contributed by atoms with van der Waals surface area (Å²) in [5.74, 6) is 0.545. The lowest BCUT2D eigenvalue weighted by Gasteiger charge is -2.02. The van der Waals surface area contributed by atoms with Crippen LogP contribution in [-0.2, 0) is 0 Å². The molecule has 3 aromatic rings. The minimum Gasteiger partial charge on any atom is -0.259 e. The Kier molecular flexibility index (Phi) is 4.52. The van der Waals surface area contributed by atoms with Crippen molar-refractivity contribution in [1.82, 2.24) is 10.2 Å². The molecule has 0 atom stereocenters. The van der Waals surface area contributed by atoms with Crippen LogP contribution in [0.1, 0.15) is 5.56 Å². The van der Waals surface area contributed by atoms with Gasteiger partial charge in [-0.25, -0.2) is 0 Å². The Balaban J connectivity index is 1.72. The summed E-state index contributed by atoms with van der Waals surface area (Å²) in [5, 5.41) is 24.8. The molecule has 0 unspecified atom stereocenters. The zero-order valence-corrected chi connectivity index (χ0v) is 12.5. The summed E-state index contributed by atoms with van der Waals surface area (Å²) in [6.07, 6.45) is 6.42. The molecular weight excluding hydrogens is 306 g/mol. The highest BCUT2D eigenvalue weighted by Gasteiger charge is 2.08. The van der Waals surface area contributed by atoms with Crippen LogP contribution in [0.2, 0.25) is 0 Å². The number of hydrogen-bond donors (Lipinski definition) is 1. The van der Waals surface area contributed by atoms with Gasteiger partial charge in [-0.15, -0.1) is 5.10 Å². The Morgan fingerprint density at radius 2 is 1.92 bits per heavy atom. The molecule has 1 heterocycles. The standard InChI is InChI=1S/C17H13N5O2/c23-22(24)16-10-4-2-6-13(16)8-5-11-18-20-17-15-9-3-1-7-14(15)12-19-21-17/h1-12H,(H,20,21)/b8-5+,18-11+. The van der Waals surface area contributed by atoms with Gasteiger partial charge in [0.25, 0.3) is 5.69 Å². The predicted molar refractivity (Wildman–Crippen MR) is 93.8 cm³/mol. The Bertz CT molecular complexity index is 932. The van der Waals surface area contributed by atoms with Crippen LogP contribution in [0.4, 0.5) is 11.5 Å². The Hall–Kier alpha value is -3.61. The van der Waals surface area contributed by atoms with Gasteiger partial charge in [0.15, 0.2) is 5.82 Å². The van der Waals surface area contributed by atoms with E-state index in [4.69, 9.17) is 0 Å². The van der Waals surface area contributed by atoms with Crippen LogP contribution in [0.25, 0.3) is 16.8 Å². The molecule has 0 aliphatic carbocycles. The molecule has 0 aliphatic heterocycles. The van der Waals surface area contributed by atoms with Crippen molar-refractivity contribution in [3.8, 4) is 0 Å². The first-order valence-electron chi connectivity index (χ1n) is 7.15. The van der Waals surface area contributed by atoms with Gasteiger partial charge in [0, 0.05) is 23.1 Å². The summed E-state index contributed by atoms with van der Waals surface area (Å²) in [6, 6.07) is 14.2. The number of fused-ring (bicyclic) bond motifs is 1. The third-order valence-electron chi connectivity index (χ3n) is 3.31. The maximum Gasteiger partial charge on any atom is 0.276 e. The number of para-hydroxylation sites is 1. The summed E-state index contributed by atoms with van der Waals surface area (Å²) >= 11 is 0. The van der Waals surface area contributed by atoms with Crippen LogP contribution >= 0.6 is 0 Å². The fourth-order valence-corrected chi connectivity index (χ4v) is 2.19. The molecule has 24 heavy (non-hydrogen) atoms. The van der Waals surface area contributed by atoms with Gasteiger partial charge in [0.2, 0.25) is 0 Å². The van der Waals surface area contributed by atoms with Crippen molar-refractivity contribution in [3.05, 3.63) is 76.5 Å². The number of nitro groups is 1. The Labute approximate surface area is 137 Å². The number of benzene rings is 2. The molecule has 1 N–H and O–H groups in total. The number of allylic oxidation sites excluding steroid dienone is 1. The van der Waals surface area contributed by atoms with Gasteiger partial charge in [0.1, 0.15) is 0 Å². The van der Waals surface area contributed by atoms with Gasteiger partial charge >= 0.3 is 0 Å². The van der Waals surface area contributed by atoms with Gasteiger partial charge in [-0.3, -0.25) is 15.5 Å². The lowest BCUT2D eigenvalue weighted by atomic mass is 10.2. The first kappa shape index (κ1) is 15.3. The highest BCUT2D eigenvalue weighted by atomic mass is 16.6. The van der Waals surface area contributed by atoms with Gasteiger partial charge in [0.05, 0.1) is 16.7 Å². The molecular formula is C17H13N5O2. The van der Waals surface area contributed by atoms with E-state index in [9.17, 15) is 10.1 Å². The number of hydrazone groups is 1. The highest BCUT2D eigenvalue weighted by molar-refractivity contribution is 5.91. The molecule has 0 spiro atoms. The molecule has 2 aromatic carbocycles. The zero-order chi connectivity index (χ0) is 16.8. The number of hydrogen-bond acceptors (Lipinski definition) is 6. The molecule has 0 amide bonds. The third-order valence-corrected chi connectivity index (χ3v) is 3.31. The second-order valence-corrected chi connectivity index (χ2v) is 4.85. The molecule has 0 bridgehead atoms. The first-order chi connectivity index (χ1) is 11.8. The minimum atomic E-state index is -0.416. The quantitative estimate of drug-likeness (QED) is 0.440. The second kappa shape index (κ2) is 7.10. The van der Waals surface area contributed by atoms with Crippen LogP contribution in [0.15, 0.2) is 65.9 Å². The normalized spacial score (nSPS) is 11.3. The van der Waals surface area contributed by atoms with E-state index in [1.54, 1.807) is 36.5 Å². The summed E-state index contributed by atoms with van der Waals surface area (Å²) in [5.41, 5.74) is 3.39. The van der Waals surface area contributed by atoms with Crippen LogP contribution < -0.4 is 5.43 Å². The van der Waals surface area contributed by atoms with Gasteiger partial charge in [-0.1, -0.05) is 36.4 Å². The fraction of sp³-hybridized carbons (Fsp3) is 0. The van der Waals surface area contributed by atoms with E-state index < -0.39 is 4.92 Å². The van der Waals surface area contributed by atoms with E-state index in [1.807, 2.05) is 24.3 Å². The molecule has 7 heteroatoms. The van der Waals surface area contributed by atoms with Crippen molar-refractivity contribution in [2.75, 3.05) is 5.43 Å². The molecule has 7 nitrogen and oxygen atoms in total. The summed E-state index contributed by atoms with van der Waals surface area (Å²) < 4.78 is 0. The zero-order valence-electron chi connectivity index (χ0n) is 12.5. The molecule has 0 aliphatic rings. The van der Waals surface area contributed by atoms with E-state index in [-0.39, 0.29) is 5.69 Å². The van der Waals surface area contributed by atoms with Gasteiger partial charge < -0.3 is 0 Å². The third kappa shape index (κ3) is 3.41. The summed E-state index contributed by atoms with van der Waals surface area (Å²) in [7, 11) is 0. The smallest absolute Gasteiger partial charge is 0.259 e. The number of aromatic nitrogens is 2. The van der Waals surface area contributed by atoms with Crippen molar-refractivity contribution in [1.29, 1.82) is 0 Å². The summed E-state index contributed by atoms with van der Waals surface area (Å²) in [6.45, 7) is 0. The van der Waals surface area contributed by atoms with Crippen LogP contribution in [0.5, 0.6) is 0 Å². The number of nitrogens with one attached hydrogen (secondary N) is 1. The topological polar surface area (TPSA) is 93.3 Å². The lowest BCUT2D eigenvalue weighted by molar-refractivity contribution is -0.385. The largest absolute Gasteiger partial charge is 0.276 e. The van der Waals surface area contributed by atoms with Crippen molar-refractivity contribution >= 4 is 34.6 Å². The van der Waals surface area contributed by atoms with Crippen LogP contribution in [0, 0.1) is 10.1 Å². The molecule has 0 saturated heterocycles. The molecule has 1 aromatic heterocycles. The monoisotopic (exact) mass is 319 g/mol. The average Bonchev–Trinajstić information content (AvgIpc) is 2.62. The fourth-order valence-electron chi connectivity index (χ4n) is 2.19. The van der Waals surface area contributed by atoms with Crippen molar-refractivity contribution < 1.29 is 4.92 Å². The molecule has 0 radical (unpaired) electrons. The highest BCUT2D eigenvalue weighted by Crippen LogP contribution is 2.19. The number of nitro benzene ring substituents is 1. The number of rotatable bonds is 5. The van der Waals surface area contributed by atoms with E-state index in [1.165, 1.54) is 12.3 Å². The Morgan fingerprint density at radius 3 is 2.79 bits per heavy atom. The SMILES string of the molecule is O=[N+]([O-])c1ccccc1/C=C/C=N/Nc1nncc2ccccc12. The first-order valence-corrected chi connectivity index (χ1v) is 7.15. The molecule has 118 valence electrons. The summed E-state index contributed by atoms with van der Waals surface area (Å²) in [4.78, 5) is 10.5. The number of anilines is 1. The number of nitrogens with zero attached hydrogens (tertiary/aromatic N) is 4. The van der Waals surface area contributed by atoms with Gasteiger partial charge in [-0.2, -0.15) is 10.2 Å². The van der Waals surface area contributed by atoms with Crippen molar-refractivity contribution in [3.63, 3.8) is 0 Å². The second-order valence-electron chi connectivity index (χ2n) is 4.85. The van der Waals surface area contributed by atoms with Gasteiger partial charge in [-0.05, 0) is 18.2 Å². The van der Waals surface area contributed by atoms with E-state index >= 15 is 0 Å². The maximum atomic E-state index is 10.9.